The maximum absolute atomic E-state index is 13.3. The molecular weight excluding hydrogens is 404 g/mol. The topological polar surface area (TPSA) is 78.9 Å². The van der Waals surface area contributed by atoms with Gasteiger partial charge in [-0.05, 0) is 54.5 Å². The Hall–Kier alpha value is -3.64. The predicted molar refractivity (Wildman–Crippen MR) is 124 cm³/mol. The molecule has 0 saturated carbocycles. The largest absolute Gasteiger partial charge is 0.488 e. The Morgan fingerprint density at radius 3 is 2.41 bits per heavy atom. The summed E-state index contributed by atoms with van der Waals surface area (Å²) < 4.78 is 6.13. The number of carbonyl (C=O) groups excluding carboxylic acids is 2. The molecule has 3 aromatic carbocycles. The molecule has 1 aliphatic heterocycles. The molecule has 0 aliphatic carbocycles. The zero-order valence-electron chi connectivity index (χ0n) is 17.8. The van der Waals surface area contributed by atoms with Crippen LogP contribution in [0.15, 0.2) is 72.3 Å². The van der Waals surface area contributed by atoms with Gasteiger partial charge in [0, 0.05) is 24.0 Å². The van der Waals surface area contributed by atoms with Crippen LogP contribution in [0.5, 0.6) is 5.75 Å². The molecule has 32 heavy (non-hydrogen) atoms. The zero-order valence-corrected chi connectivity index (χ0v) is 17.8. The number of carbonyl (C=O) groups is 2. The van der Waals surface area contributed by atoms with Crippen molar-refractivity contribution >= 4 is 28.7 Å². The van der Waals surface area contributed by atoms with Gasteiger partial charge in [-0.2, -0.15) is 0 Å². The third-order valence-corrected chi connectivity index (χ3v) is 5.67. The quantitative estimate of drug-likeness (QED) is 0.344. The van der Waals surface area contributed by atoms with Crippen molar-refractivity contribution in [3.05, 3.63) is 83.4 Å². The number of fused-ring (bicyclic) bond motifs is 1. The summed E-state index contributed by atoms with van der Waals surface area (Å²) in [5, 5.41) is 10.9. The second kappa shape index (κ2) is 10.1. The number of amides is 2. The van der Waals surface area contributed by atoms with Crippen LogP contribution in [0, 0.1) is 0 Å². The highest BCUT2D eigenvalue weighted by atomic mass is 16.5. The van der Waals surface area contributed by atoms with Crippen molar-refractivity contribution in [3.63, 3.8) is 0 Å². The second-order valence-corrected chi connectivity index (χ2v) is 7.85. The molecule has 6 nitrogen and oxygen atoms in total. The molecule has 164 valence electrons. The lowest BCUT2D eigenvalue weighted by Crippen LogP contribution is -2.37. The van der Waals surface area contributed by atoms with Crippen LogP contribution in [0.2, 0.25) is 0 Å². The van der Waals surface area contributed by atoms with E-state index in [2.05, 4.69) is 0 Å². The van der Waals surface area contributed by atoms with E-state index in [1.165, 1.54) is 0 Å². The second-order valence-electron chi connectivity index (χ2n) is 7.85. The van der Waals surface area contributed by atoms with E-state index in [1.54, 1.807) is 29.7 Å². The first-order chi connectivity index (χ1) is 15.7. The van der Waals surface area contributed by atoms with Crippen LogP contribution in [-0.2, 0) is 4.79 Å². The molecule has 1 heterocycles. The third kappa shape index (κ3) is 4.98. The number of hydrogen-bond acceptors (Lipinski definition) is 4. The highest BCUT2D eigenvalue weighted by Gasteiger charge is 2.21. The molecule has 0 unspecified atom stereocenters. The van der Waals surface area contributed by atoms with Gasteiger partial charge in [-0.1, -0.05) is 48.5 Å². The zero-order chi connectivity index (χ0) is 22.3. The molecule has 1 saturated heterocycles. The van der Waals surface area contributed by atoms with E-state index in [0.717, 1.165) is 54.4 Å². The van der Waals surface area contributed by atoms with E-state index in [9.17, 15) is 9.59 Å². The molecule has 2 amide bonds. The lowest BCUT2D eigenvalue weighted by Gasteiger charge is -2.27. The fourth-order valence-electron chi connectivity index (χ4n) is 3.94. The normalized spacial score (nSPS) is 14.3. The van der Waals surface area contributed by atoms with Gasteiger partial charge in [0.15, 0.2) is 0 Å². The molecule has 0 aromatic heterocycles. The standard InChI is InChI=1S/C26H26N2O4/c29-25(27-31)21-13-11-19(12-14-21)17-22(26(30)28-15-4-1-5-16-28)18-32-24-10-6-8-20-7-2-3-9-23(20)24/h2-3,6-14,17,31H,1,4-5,15-16,18H2,(H,27,29)/b22-17+. The minimum Gasteiger partial charge on any atom is -0.488 e. The monoisotopic (exact) mass is 430 g/mol. The van der Waals surface area contributed by atoms with Gasteiger partial charge in [0.25, 0.3) is 11.8 Å². The number of nitrogens with one attached hydrogen (secondary N) is 1. The third-order valence-electron chi connectivity index (χ3n) is 5.67. The molecule has 2 N–H and O–H groups in total. The Bertz CT molecular complexity index is 1130. The Morgan fingerprint density at radius 2 is 1.66 bits per heavy atom. The lowest BCUT2D eigenvalue weighted by atomic mass is 10.1. The van der Waals surface area contributed by atoms with E-state index < -0.39 is 5.91 Å². The van der Waals surface area contributed by atoms with Crippen LogP contribution < -0.4 is 10.2 Å². The summed E-state index contributed by atoms with van der Waals surface area (Å²) in [7, 11) is 0. The number of rotatable bonds is 6. The van der Waals surface area contributed by atoms with E-state index >= 15 is 0 Å². The SMILES string of the molecule is O=C(NO)c1ccc(/C=C(\COc2cccc3ccccc23)C(=O)N2CCCCC2)cc1. The van der Waals surface area contributed by atoms with E-state index in [4.69, 9.17) is 9.94 Å². The average molecular weight is 431 g/mol. The summed E-state index contributed by atoms with van der Waals surface area (Å²) in [5.41, 5.74) is 3.29. The van der Waals surface area contributed by atoms with Crippen molar-refractivity contribution in [2.24, 2.45) is 0 Å². The van der Waals surface area contributed by atoms with Gasteiger partial charge in [-0.25, -0.2) is 5.48 Å². The fourth-order valence-corrected chi connectivity index (χ4v) is 3.94. The highest BCUT2D eigenvalue weighted by Crippen LogP contribution is 2.26. The number of piperidine rings is 1. The van der Waals surface area contributed by atoms with Crippen LogP contribution in [0.4, 0.5) is 0 Å². The average Bonchev–Trinajstić information content (AvgIpc) is 2.86. The van der Waals surface area contributed by atoms with E-state index in [1.807, 2.05) is 53.4 Å². The van der Waals surface area contributed by atoms with Gasteiger partial charge < -0.3 is 9.64 Å². The van der Waals surface area contributed by atoms with E-state index in [-0.39, 0.29) is 12.5 Å². The van der Waals surface area contributed by atoms with Crippen molar-refractivity contribution in [1.82, 2.24) is 10.4 Å². The minimum absolute atomic E-state index is 0.0258. The van der Waals surface area contributed by atoms with Crippen molar-refractivity contribution in [3.8, 4) is 5.75 Å². The maximum atomic E-state index is 13.3. The van der Waals surface area contributed by atoms with Crippen LogP contribution in [0.1, 0.15) is 35.2 Å². The molecule has 0 spiro atoms. The Morgan fingerprint density at radius 1 is 0.938 bits per heavy atom. The van der Waals surface area contributed by atoms with Crippen LogP contribution in [-0.4, -0.2) is 41.6 Å². The van der Waals surface area contributed by atoms with Gasteiger partial charge >= 0.3 is 0 Å². The number of benzene rings is 3. The summed E-state index contributed by atoms with van der Waals surface area (Å²) in [6, 6.07) is 20.6. The van der Waals surface area contributed by atoms with Gasteiger partial charge in [-0.15, -0.1) is 0 Å². The number of likely N-dealkylation sites (tertiary alicyclic amines) is 1. The predicted octanol–water partition coefficient (Wildman–Crippen LogP) is 4.43. The lowest BCUT2D eigenvalue weighted by molar-refractivity contribution is -0.128. The van der Waals surface area contributed by atoms with Crippen LogP contribution in [0.3, 0.4) is 0 Å². The molecule has 0 bridgehead atoms. The minimum atomic E-state index is -0.579. The van der Waals surface area contributed by atoms with Gasteiger partial charge in [0.2, 0.25) is 0 Å². The number of hydrogen-bond donors (Lipinski definition) is 2. The number of ether oxygens (including phenoxy) is 1. The molecule has 0 atom stereocenters. The summed E-state index contributed by atoms with van der Waals surface area (Å²) >= 11 is 0. The van der Waals surface area contributed by atoms with Gasteiger partial charge in [0.1, 0.15) is 12.4 Å². The summed E-state index contributed by atoms with van der Waals surface area (Å²) in [6.07, 6.45) is 4.97. The van der Waals surface area contributed by atoms with Gasteiger partial charge in [0.05, 0.1) is 5.57 Å². The summed E-state index contributed by atoms with van der Waals surface area (Å²) in [6.45, 7) is 1.64. The summed E-state index contributed by atoms with van der Waals surface area (Å²) in [5.74, 6) is 0.127. The molecular formula is C26H26N2O4. The molecule has 1 aliphatic rings. The molecule has 3 aromatic rings. The van der Waals surface area contributed by atoms with Crippen molar-refractivity contribution in [2.75, 3.05) is 19.7 Å². The highest BCUT2D eigenvalue weighted by molar-refractivity contribution is 5.99. The van der Waals surface area contributed by atoms with Crippen molar-refractivity contribution in [1.29, 1.82) is 0 Å². The molecule has 1 fully saturated rings. The molecule has 6 heteroatoms. The first-order valence-corrected chi connectivity index (χ1v) is 10.8. The number of hydroxylamine groups is 1. The molecule has 4 rings (SSSR count). The van der Waals surface area contributed by atoms with Crippen molar-refractivity contribution < 1.29 is 19.5 Å². The van der Waals surface area contributed by atoms with E-state index in [0.29, 0.717) is 11.1 Å². The number of nitrogens with zero attached hydrogens (tertiary/aromatic N) is 1. The maximum Gasteiger partial charge on any atom is 0.274 e. The van der Waals surface area contributed by atoms with Crippen molar-refractivity contribution in [2.45, 2.75) is 19.3 Å². The first-order valence-electron chi connectivity index (χ1n) is 10.8. The van der Waals surface area contributed by atoms with Crippen LogP contribution >= 0.6 is 0 Å². The molecule has 0 radical (unpaired) electrons. The fraction of sp³-hybridized carbons (Fsp3) is 0.231. The summed E-state index contributed by atoms with van der Waals surface area (Å²) in [4.78, 5) is 26.7. The first kappa shape index (κ1) is 21.6. The van der Waals surface area contributed by atoms with Crippen LogP contribution in [0.25, 0.3) is 16.8 Å². The smallest absolute Gasteiger partial charge is 0.274 e. The Labute approximate surface area is 187 Å². The van der Waals surface area contributed by atoms with Gasteiger partial charge in [-0.3, -0.25) is 14.8 Å². The Kier molecular flexibility index (Phi) is 6.82. The Balaban J connectivity index is 1.60.